The van der Waals surface area contributed by atoms with Gasteiger partial charge in [0.15, 0.2) is 5.96 Å². The number of hydrogen-bond acceptors (Lipinski definition) is 3. The summed E-state index contributed by atoms with van der Waals surface area (Å²) in [6.45, 7) is 1.56. The Bertz CT molecular complexity index is 853. The maximum absolute atomic E-state index is 13.4. The van der Waals surface area contributed by atoms with E-state index in [0.29, 0.717) is 11.9 Å². The van der Waals surface area contributed by atoms with Crippen LogP contribution in [0.2, 0.25) is 0 Å². The van der Waals surface area contributed by atoms with Crippen molar-refractivity contribution in [2.24, 2.45) is 12.0 Å². The van der Waals surface area contributed by atoms with Crippen LogP contribution in [0.5, 0.6) is 5.75 Å². The predicted octanol–water partition coefficient (Wildman–Crippen LogP) is 3.63. The van der Waals surface area contributed by atoms with Crippen LogP contribution in [0.3, 0.4) is 0 Å². The molecule has 1 saturated heterocycles. The second kappa shape index (κ2) is 9.68. The van der Waals surface area contributed by atoms with Gasteiger partial charge < -0.3 is 15.0 Å². The Balaban J connectivity index is 0.00000300. The summed E-state index contributed by atoms with van der Waals surface area (Å²) in [6.07, 6.45) is 0.353. The van der Waals surface area contributed by atoms with Crippen LogP contribution >= 0.6 is 24.0 Å². The molecule has 10 heteroatoms. The molecule has 6 nitrogen and oxygen atoms in total. The first kappa shape index (κ1) is 23.3. The number of alkyl halides is 3. The Kier molecular flexibility index (Phi) is 7.78. The predicted molar refractivity (Wildman–Crippen MR) is 116 cm³/mol. The van der Waals surface area contributed by atoms with Crippen LogP contribution in [-0.2, 0) is 19.8 Å². The Morgan fingerprint density at radius 2 is 2.14 bits per heavy atom. The third kappa shape index (κ3) is 5.55. The second-order valence-corrected chi connectivity index (χ2v) is 6.80. The van der Waals surface area contributed by atoms with E-state index in [1.54, 1.807) is 11.7 Å². The van der Waals surface area contributed by atoms with E-state index in [-0.39, 0.29) is 41.8 Å². The zero-order valence-corrected chi connectivity index (χ0v) is 18.9. The first-order valence-electron chi connectivity index (χ1n) is 9.00. The summed E-state index contributed by atoms with van der Waals surface area (Å²) in [5.74, 6) is 1.11. The Morgan fingerprint density at radius 3 is 2.72 bits per heavy atom. The first-order chi connectivity index (χ1) is 13.3. The van der Waals surface area contributed by atoms with Crippen LogP contribution in [0.1, 0.15) is 29.0 Å². The summed E-state index contributed by atoms with van der Waals surface area (Å²) < 4.78 is 46.8. The van der Waals surface area contributed by atoms with Gasteiger partial charge >= 0.3 is 6.18 Å². The summed E-state index contributed by atoms with van der Waals surface area (Å²) in [6, 6.07) is 3.99. The number of nitrogens with one attached hydrogen (secondary N) is 1. The maximum Gasteiger partial charge on any atom is 0.416 e. The molecule has 1 aliphatic rings. The van der Waals surface area contributed by atoms with Crippen molar-refractivity contribution in [3.8, 4) is 5.75 Å². The normalized spacial score (nSPS) is 17.2. The molecule has 0 saturated carbocycles. The molecule has 2 aromatic rings. The zero-order valence-electron chi connectivity index (χ0n) is 16.5. The summed E-state index contributed by atoms with van der Waals surface area (Å²) in [7, 11) is 4.86. The van der Waals surface area contributed by atoms with Crippen LogP contribution in [-0.4, -0.2) is 47.9 Å². The molecule has 3 rings (SSSR count). The molecule has 2 heterocycles. The number of guanidine groups is 1. The van der Waals surface area contributed by atoms with Crippen molar-refractivity contribution < 1.29 is 17.9 Å². The van der Waals surface area contributed by atoms with Gasteiger partial charge in [-0.2, -0.15) is 18.3 Å². The molecule has 1 aromatic carbocycles. The van der Waals surface area contributed by atoms with Gasteiger partial charge in [-0.3, -0.25) is 9.67 Å². The van der Waals surface area contributed by atoms with E-state index in [9.17, 15) is 13.2 Å². The highest BCUT2D eigenvalue weighted by molar-refractivity contribution is 14.0. The molecule has 0 bridgehead atoms. The Hall–Kier alpha value is -1.98. The molecule has 1 atom stereocenters. The molecule has 1 aliphatic heterocycles. The molecule has 1 aromatic heterocycles. The molecule has 1 fully saturated rings. The average Bonchev–Trinajstić information content (AvgIpc) is 3.30. The summed E-state index contributed by atoms with van der Waals surface area (Å²) >= 11 is 0. The molecular weight excluding hydrogens is 498 g/mol. The topological polar surface area (TPSA) is 54.7 Å². The fourth-order valence-electron chi connectivity index (χ4n) is 3.48. The lowest BCUT2D eigenvalue weighted by atomic mass is 10.0. The minimum absolute atomic E-state index is 0. The number of aryl methyl sites for hydroxylation is 1. The number of aromatic nitrogens is 2. The molecule has 1 unspecified atom stereocenters. The van der Waals surface area contributed by atoms with E-state index in [0.717, 1.165) is 31.1 Å². The summed E-state index contributed by atoms with van der Waals surface area (Å²) in [4.78, 5) is 6.31. The molecule has 0 radical (unpaired) electrons. The van der Waals surface area contributed by atoms with E-state index in [2.05, 4.69) is 20.3 Å². The van der Waals surface area contributed by atoms with Gasteiger partial charge in [-0.15, -0.1) is 24.0 Å². The monoisotopic (exact) mass is 523 g/mol. The Morgan fingerprint density at radius 1 is 1.38 bits per heavy atom. The van der Waals surface area contributed by atoms with Gasteiger partial charge in [0, 0.05) is 45.8 Å². The van der Waals surface area contributed by atoms with Gasteiger partial charge in [0.05, 0.1) is 18.9 Å². The Labute approximate surface area is 185 Å². The fraction of sp³-hybridized carbons (Fsp3) is 0.474. The number of methoxy groups -OCH3 is 1. The first-order valence-corrected chi connectivity index (χ1v) is 9.00. The van der Waals surface area contributed by atoms with Gasteiger partial charge in [0.25, 0.3) is 0 Å². The number of nitrogens with zero attached hydrogens (tertiary/aromatic N) is 4. The van der Waals surface area contributed by atoms with Crippen LogP contribution in [0.25, 0.3) is 0 Å². The molecule has 160 valence electrons. The third-order valence-electron chi connectivity index (χ3n) is 4.96. The van der Waals surface area contributed by atoms with Crippen LogP contribution in [0, 0.1) is 0 Å². The number of hydrogen-bond donors (Lipinski definition) is 1. The summed E-state index contributed by atoms with van der Waals surface area (Å²) in [5, 5.41) is 7.28. The number of rotatable bonds is 4. The molecule has 0 spiro atoms. The van der Waals surface area contributed by atoms with Crippen LogP contribution in [0.4, 0.5) is 13.2 Å². The minimum Gasteiger partial charge on any atom is -0.497 e. The maximum atomic E-state index is 13.4. The van der Waals surface area contributed by atoms with Gasteiger partial charge in [-0.1, -0.05) is 6.07 Å². The third-order valence-corrected chi connectivity index (χ3v) is 4.96. The van der Waals surface area contributed by atoms with Crippen molar-refractivity contribution in [3.63, 3.8) is 0 Å². The lowest BCUT2D eigenvalue weighted by molar-refractivity contribution is -0.138. The van der Waals surface area contributed by atoms with Crippen molar-refractivity contribution in [2.75, 3.05) is 27.2 Å². The van der Waals surface area contributed by atoms with Crippen molar-refractivity contribution >= 4 is 29.9 Å². The number of likely N-dealkylation sites (tertiary alicyclic amines) is 1. The number of ether oxygens (including phenoxy) is 1. The van der Waals surface area contributed by atoms with Crippen molar-refractivity contribution in [1.82, 2.24) is 20.0 Å². The van der Waals surface area contributed by atoms with E-state index >= 15 is 0 Å². The average molecular weight is 523 g/mol. The molecule has 0 amide bonds. The van der Waals surface area contributed by atoms with Gasteiger partial charge in [-0.25, -0.2) is 0 Å². The highest BCUT2D eigenvalue weighted by Gasteiger charge is 2.34. The molecule has 0 aliphatic carbocycles. The minimum atomic E-state index is -4.45. The highest BCUT2D eigenvalue weighted by atomic mass is 127. The van der Waals surface area contributed by atoms with Crippen LogP contribution in [0.15, 0.2) is 35.6 Å². The van der Waals surface area contributed by atoms with Gasteiger partial charge in [0.2, 0.25) is 0 Å². The molecule has 29 heavy (non-hydrogen) atoms. The largest absolute Gasteiger partial charge is 0.497 e. The molecule has 1 N–H and O–H groups in total. The van der Waals surface area contributed by atoms with Gasteiger partial charge in [-0.05, 0) is 29.7 Å². The highest BCUT2D eigenvalue weighted by Crippen LogP contribution is 2.34. The zero-order chi connectivity index (χ0) is 20.3. The fourth-order valence-corrected chi connectivity index (χ4v) is 3.48. The lowest BCUT2D eigenvalue weighted by Crippen LogP contribution is -2.39. The van der Waals surface area contributed by atoms with Crippen molar-refractivity contribution in [1.29, 1.82) is 0 Å². The summed E-state index contributed by atoms with van der Waals surface area (Å²) in [5.41, 5.74) is 0.608. The molecular formula is C19H25F3IN5O. The quantitative estimate of drug-likeness (QED) is 0.378. The standard InChI is InChI=1S/C19H24F3N5O.HI/c1-23-18(27-7-6-14(12-27)15-10-25-26(2)11-15)24-9-13-4-5-16(28-3)8-17(13)19(20,21)22;/h4-5,8,10-11,14H,6-7,9,12H2,1-3H3,(H,23,24);1H. The second-order valence-electron chi connectivity index (χ2n) is 6.80. The number of aliphatic imine (C=N–C) groups is 1. The van der Waals surface area contributed by atoms with E-state index in [4.69, 9.17) is 4.74 Å². The smallest absolute Gasteiger partial charge is 0.416 e. The lowest BCUT2D eigenvalue weighted by Gasteiger charge is -2.22. The van der Waals surface area contributed by atoms with Crippen molar-refractivity contribution in [3.05, 3.63) is 47.3 Å². The van der Waals surface area contributed by atoms with Gasteiger partial charge in [0.1, 0.15) is 5.75 Å². The van der Waals surface area contributed by atoms with E-state index in [1.807, 2.05) is 19.4 Å². The number of halogens is 4. The number of benzene rings is 1. The van der Waals surface area contributed by atoms with Crippen LogP contribution < -0.4 is 10.1 Å². The van der Waals surface area contributed by atoms with E-state index < -0.39 is 11.7 Å². The van der Waals surface area contributed by atoms with E-state index in [1.165, 1.54) is 19.2 Å². The van der Waals surface area contributed by atoms with Crippen molar-refractivity contribution in [2.45, 2.75) is 25.1 Å². The SMILES string of the molecule is CN=C(NCc1ccc(OC)cc1C(F)(F)F)N1CCC(c2cnn(C)c2)C1.I.